The summed E-state index contributed by atoms with van der Waals surface area (Å²) in [5, 5.41) is 3.61. The van der Waals surface area contributed by atoms with Gasteiger partial charge >= 0.3 is 11.9 Å². The molecule has 0 amide bonds. The Morgan fingerprint density at radius 3 is 2.67 bits per heavy atom. The molecule has 1 unspecified atom stereocenters. The molecule has 18 heavy (non-hydrogen) atoms. The van der Waals surface area contributed by atoms with Gasteiger partial charge in [-0.2, -0.15) is 0 Å². The highest BCUT2D eigenvalue weighted by molar-refractivity contribution is 8.03. The number of carbonyl (C=O) groups excluding carboxylic acids is 2. The van der Waals surface area contributed by atoms with Crippen LogP contribution in [0.1, 0.15) is 20.8 Å². The molecule has 1 aliphatic rings. The van der Waals surface area contributed by atoms with Crippen LogP contribution in [0.2, 0.25) is 0 Å². The zero-order valence-electron chi connectivity index (χ0n) is 10.9. The first kappa shape index (κ1) is 14.6. The van der Waals surface area contributed by atoms with E-state index in [4.69, 9.17) is 9.47 Å². The molecular formula is C12H17NO4S. The molecule has 0 aromatic rings. The topological polar surface area (TPSA) is 64.6 Å². The fraction of sp³-hybridized carbons (Fsp3) is 0.500. The fourth-order valence-corrected chi connectivity index (χ4v) is 2.77. The van der Waals surface area contributed by atoms with Crippen molar-refractivity contribution < 1.29 is 19.1 Å². The third-order valence-corrected chi connectivity index (χ3v) is 3.43. The van der Waals surface area contributed by atoms with Crippen molar-refractivity contribution in [1.29, 1.82) is 0 Å². The Kier molecular flexibility index (Phi) is 5.27. The third kappa shape index (κ3) is 3.53. The second kappa shape index (κ2) is 6.49. The third-order valence-electron chi connectivity index (χ3n) is 2.37. The van der Waals surface area contributed by atoms with Crippen LogP contribution in [0, 0.1) is 0 Å². The van der Waals surface area contributed by atoms with Crippen molar-refractivity contribution in [3.63, 3.8) is 0 Å². The van der Waals surface area contributed by atoms with Crippen LogP contribution in [0.3, 0.4) is 0 Å². The number of carbonyl (C=O) groups is 2. The summed E-state index contributed by atoms with van der Waals surface area (Å²) >= 11 is 1.39. The van der Waals surface area contributed by atoms with Gasteiger partial charge in [0.25, 0.3) is 0 Å². The van der Waals surface area contributed by atoms with Gasteiger partial charge in [0.05, 0.1) is 30.4 Å². The number of esters is 2. The van der Waals surface area contributed by atoms with Crippen LogP contribution in [0.25, 0.3) is 0 Å². The van der Waals surface area contributed by atoms with Crippen molar-refractivity contribution in [1.82, 2.24) is 5.32 Å². The first-order valence-electron chi connectivity index (χ1n) is 5.60. The highest BCUT2D eigenvalue weighted by atomic mass is 32.2. The molecular weight excluding hydrogens is 254 g/mol. The van der Waals surface area contributed by atoms with Crippen LogP contribution in [-0.4, -0.2) is 30.9 Å². The lowest BCUT2D eigenvalue weighted by Crippen LogP contribution is -2.27. The number of allylic oxidation sites excluding steroid dienone is 1. The monoisotopic (exact) mass is 271 g/mol. The molecule has 5 nitrogen and oxygen atoms in total. The smallest absolute Gasteiger partial charge is 0.336 e. The molecule has 6 heteroatoms. The van der Waals surface area contributed by atoms with Crippen LogP contribution >= 0.6 is 11.8 Å². The van der Waals surface area contributed by atoms with E-state index in [0.29, 0.717) is 22.9 Å². The van der Waals surface area contributed by atoms with Crippen LogP contribution in [0.15, 0.2) is 22.4 Å². The highest BCUT2D eigenvalue weighted by Gasteiger charge is 2.27. The number of methoxy groups -OCH3 is 1. The summed E-state index contributed by atoms with van der Waals surface area (Å²) in [6.45, 7) is 5.76. The summed E-state index contributed by atoms with van der Waals surface area (Å²) in [5.41, 5.74) is 1.28. The van der Waals surface area contributed by atoms with Crippen LogP contribution in [0.5, 0.6) is 0 Å². The molecule has 0 saturated carbocycles. The van der Waals surface area contributed by atoms with Gasteiger partial charge in [-0.25, -0.2) is 9.59 Å². The van der Waals surface area contributed by atoms with Crippen LogP contribution in [0.4, 0.5) is 0 Å². The minimum Gasteiger partial charge on any atom is -0.466 e. The summed E-state index contributed by atoms with van der Waals surface area (Å²) < 4.78 is 9.56. The Balaban J connectivity index is 2.88. The van der Waals surface area contributed by atoms with E-state index in [9.17, 15) is 9.59 Å². The largest absolute Gasteiger partial charge is 0.466 e. The summed E-state index contributed by atoms with van der Waals surface area (Å²) in [5.74, 6) is -0.746. The number of nitrogens with one attached hydrogen (secondary N) is 1. The maximum atomic E-state index is 11.6. The summed E-state index contributed by atoms with van der Waals surface area (Å²) in [6, 6.07) is 0. The molecule has 0 radical (unpaired) electrons. The van der Waals surface area contributed by atoms with Gasteiger partial charge in [0.1, 0.15) is 0 Å². The minimum absolute atomic E-state index is 0.0700. The van der Waals surface area contributed by atoms with E-state index in [1.165, 1.54) is 24.9 Å². The molecule has 0 spiro atoms. The van der Waals surface area contributed by atoms with E-state index < -0.39 is 5.97 Å². The van der Waals surface area contributed by atoms with Crippen molar-refractivity contribution in [3.8, 4) is 0 Å². The number of thioether (sulfide) groups is 1. The van der Waals surface area contributed by atoms with E-state index in [1.54, 1.807) is 13.8 Å². The Morgan fingerprint density at radius 1 is 1.50 bits per heavy atom. The van der Waals surface area contributed by atoms with Crippen LogP contribution < -0.4 is 5.32 Å². The second-order valence-electron chi connectivity index (χ2n) is 3.68. The number of rotatable bonds is 3. The zero-order valence-corrected chi connectivity index (χ0v) is 11.7. The summed E-state index contributed by atoms with van der Waals surface area (Å²) in [6.07, 6.45) is 1.39. The maximum absolute atomic E-state index is 11.6. The van der Waals surface area contributed by atoms with Crippen molar-refractivity contribution in [3.05, 3.63) is 22.4 Å². The van der Waals surface area contributed by atoms with Gasteiger partial charge in [-0.3, -0.25) is 0 Å². The quantitative estimate of drug-likeness (QED) is 0.621. The number of hydrogen-bond donors (Lipinski definition) is 1. The standard InChI is InChI=1S/C12H17NO4S/c1-5-17-10(14)6-9-13-7(2)11(8(3)18-9)12(15)16-4/h6,8,13H,5H2,1-4H3/b9-6-. The van der Waals surface area contributed by atoms with Gasteiger partial charge in [-0.1, -0.05) is 0 Å². The molecule has 0 aromatic carbocycles. The molecule has 0 aromatic heterocycles. The Labute approximate surface area is 111 Å². The van der Waals surface area contributed by atoms with Crippen molar-refractivity contribution in [2.45, 2.75) is 26.0 Å². The average molecular weight is 271 g/mol. The minimum atomic E-state index is -0.394. The molecule has 0 fully saturated rings. The molecule has 0 aliphatic carbocycles. The molecule has 1 heterocycles. The van der Waals surface area contributed by atoms with Gasteiger partial charge in [0, 0.05) is 10.9 Å². The maximum Gasteiger partial charge on any atom is 0.336 e. The number of ether oxygens (including phenoxy) is 2. The van der Waals surface area contributed by atoms with E-state index in [2.05, 4.69) is 5.32 Å². The Hall–Kier alpha value is -1.43. The van der Waals surface area contributed by atoms with Gasteiger partial charge in [-0.15, -0.1) is 11.8 Å². The van der Waals surface area contributed by atoms with E-state index in [-0.39, 0.29) is 11.2 Å². The fourth-order valence-electron chi connectivity index (χ4n) is 1.63. The average Bonchev–Trinajstić information content (AvgIpc) is 2.27. The van der Waals surface area contributed by atoms with E-state index >= 15 is 0 Å². The number of hydrogen-bond acceptors (Lipinski definition) is 6. The zero-order chi connectivity index (χ0) is 13.7. The van der Waals surface area contributed by atoms with Gasteiger partial charge < -0.3 is 14.8 Å². The lowest BCUT2D eigenvalue weighted by atomic mass is 10.1. The second-order valence-corrected chi connectivity index (χ2v) is 5.06. The predicted octanol–water partition coefficient (Wildman–Crippen LogP) is 1.56. The lowest BCUT2D eigenvalue weighted by Gasteiger charge is -2.25. The van der Waals surface area contributed by atoms with Crippen molar-refractivity contribution in [2.24, 2.45) is 0 Å². The molecule has 1 rings (SSSR count). The first-order valence-corrected chi connectivity index (χ1v) is 6.48. The predicted molar refractivity (Wildman–Crippen MR) is 69.6 cm³/mol. The highest BCUT2D eigenvalue weighted by Crippen LogP contribution is 2.32. The van der Waals surface area contributed by atoms with E-state index in [1.807, 2.05) is 6.92 Å². The normalized spacial score (nSPS) is 21.6. The molecule has 0 saturated heterocycles. The van der Waals surface area contributed by atoms with E-state index in [0.717, 1.165) is 0 Å². The van der Waals surface area contributed by atoms with Crippen LogP contribution in [-0.2, 0) is 19.1 Å². The Bertz CT molecular complexity index is 414. The SMILES string of the molecule is CCOC(=O)/C=C1/NC(C)=C(C(=O)OC)C(C)S1. The lowest BCUT2D eigenvalue weighted by molar-refractivity contribution is -0.137. The Morgan fingerprint density at radius 2 is 2.17 bits per heavy atom. The molecule has 1 atom stereocenters. The first-order chi connectivity index (χ1) is 8.49. The summed E-state index contributed by atoms with van der Waals surface area (Å²) in [7, 11) is 1.35. The van der Waals surface area contributed by atoms with Crippen molar-refractivity contribution in [2.75, 3.05) is 13.7 Å². The molecule has 100 valence electrons. The molecule has 0 bridgehead atoms. The summed E-state index contributed by atoms with van der Waals surface area (Å²) in [4.78, 5) is 22.9. The molecule has 1 N–H and O–H groups in total. The van der Waals surface area contributed by atoms with Gasteiger partial charge in [-0.05, 0) is 20.8 Å². The molecule has 1 aliphatic heterocycles. The van der Waals surface area contributed by atoms with Crippen molar-refractivity contribution >= 4 is 23.7 Å². The van der Waals surface area contributed by atoms with Gasteiger partial charge in [0.2, 0.25) is 0 Å². The van der Waals surface area contributed by atoms with Gasteiger partial charge in [0.15, 0.2) is 0 Å².